The van der Waals surface area contributed by atoms with E-state index in [0.29, 0.717) is 0 Å². The zero-order valence-corrected chi connectivity index (χ0v) is 14.0. The van der Waals surface area contributed by atoms with Gasteiger partial charge in [0.05, 0.1) is 5.56 Å². The van der Waals surface area contributed by atoms with Crippen LogP contribution in [0.5, 0.6) is 0 Å². The first-order valence-corrected chi connectivity index (χ1v) is 9.10. The van der Waals surface area contributed by atoms with Crippen LogP contribution in [0.25, 0.3) is 22.4 Å². The Bertz CT molecular complexity index is 1060. The van der Waals surface area contributed by atoms with Crippen LogP contribution in [-0.2, 0) is 16.0 Å². The number of halogens is 4. The van der Waals surface area contributed by atoms with Crippen molar-refractivity contribution < 1.29 is 30.5 Å². The fourth-order valence-electron chi connectivity index (χ4n) is 2.50. The molecule has 0 spiro atoms. The molecule has 26 heavy (non-hydrogen) atoms. The van der Waals surface area contributed by atoms with Gasteiger partial charge in [-0.05, 0) is 17.7 Å². The van der Waals surface area contributed by atoms with Gasteiger partial charge >= 0.3 is 6.18 Å². The van der Waals surface area contributed by atoms with Crippen LogP contribution in [0.2, 0.25) is 0 Å². The molecule has 3 rings (SSSR count). The Balaban J connectivity index is 2.24. The molecule has 3 aromatic rings. The van der Waals surface area contributed by atoms with Crippen LogP contribution in [-0.4, -0.2) is 19.8 Å². The first kappa shape index (κ1) is 18.1. The maximum Gasteiger partial charge on any atom is 0.453 e. The zero-order valence-electron chi connectivity index (χ0n) is 13.2. The predicted molar refractivity (Wildman–Crippen MR) is 85.4 cm³/mol. The number of hydrogen-bond acceptors (Lipinski definition) is 4. The summed E-state index contributed by atoms with van der Waals surface area (Å²) in [4.78, 5) is -0.554. The molecule has 0 bridgehead atoms. The summed E-state index contributed by atoms with van der Waals surface area (Å²) in [5.41, 5.74) is -0.427. The summed E-state index contributed by atoms with van der Waals surface area (Å²) in [5, 5.41) is 3.45. The van der Waals surface area contributed by atoms with Crippen LogP contribution in [0.4, 0.5) is 17.6 Å². The summed E-state index contributed by atoms with van der Waals surface area (Å²) < 4.78 is 81.5. The third kappa shape index (κ3) is 3.34. The van der Waals surface area contributed by atoms with Gasteiger partial charge in [0, 0.05) is 11.8 Å². The number of alkyl halides is 3. The van der Waals surface area contributed by atoms with E-state index < -0.39 is 32.5 Å². The largest absolute Gasteiger partial charge is 0.453 e. The highest BCUT2D eigenvalue weighted by atomic mass is 32.2. The van der Waals surface area contributed by atoms with Gasteiger partial charge in [-0.15, -0.1) is 0 Å². The second-order valence-corrected chi connectivity index (χ2v) is 7.50. The van der Waals surface area contributed by atoms with Gasteiger partial charge in [-0.25, -0.2) is 12.8 Å². The first-order valence-electron chi connectivity index (χ1n) is 7.21. The number of sulfone groups is 1. The van der Waals surface area contributed by atoms with Crippen LogP contribution >= 0.6 is 0 Å². The summed E-state index contributed by atoms with van der Waals surface area (Å²) in [5.74, 6) is -2.40. The average Bonchev–Trinajstić information content (AvgIpc) is 2.99. The van der Waals surface area contributed by atoms with Gasteiger partial charge in [0.1, 0.15) is 16.4 Å². The van der Waals surface area contributed by atoms with Crippen molar-refractivity contribution in [3.05, 3.63) is 60.1 Å². The van der Waals surface area contributed by atoms with Crippen LogP contribution in [0, 0.1) is 5.82 Å². The third-order valence-electron chi connectivity index (χ3n) is 3.62. The molecule has 136 valence electrons. The Hall–Kier alpha value is -2.68. The molecule has 0 unspecified atom stereocenters. The van der Waals surface area contributed by atoms with E-state index in [1.54, 1.807) is 18.2 Å². The van der Waals surface area contributed by atoms with Crippen LogP contribution in [0.3, 0.4) is 0 Å². The third-order valence-corrected chi connectivity index (χ3v) is 4.75. The highest BCUT2D eigenvalue weighted by Gasteiger charge is 2.41. The fraction of sp³-hybridized carbons (Fsp3) is 0.118. The molecule has 0 atom stereocenters. The molecular weight excluding hydrogens is 374 g/mol. The Labute approximate surface area is 146 Å². The molecule has 0 fully saturated rings. The topological polar surface area (TPSA) is 60.2 Å². The van der Waals surface area contributed by atoms with Crippen molar-refractivity contribution in [3.63, 3.8) is 0 Å². The van der Waals surface area contributed by atoms with Crippen molar-refractivity contribution in [1.29, 1.82) is 0 Å². The summed E-state index contributed by atoms with van der Waals surface area (Å²) in [7, 11) is -3.81. The molecule has 0 saturated heterocycles. The van der Waals surface area contributed by atoms with Gasteiger partial charge in [0.15, 0.2) is 9.84 Å². The molecule has 0 aliphatic heterocycles. The molecule has 2 aromatic carbocycles. The van der Waals surface area contributed by atoms with Gasteiger partial charge in [-0.3, -0.25) is 0 Å². The van der Waals surface area contributed by atoms with Gasteiger partial charge in [-0.1, -0.05) is 41.6 Å². The number of hydrogen-bond donors (Lipinski definition) is 0. The SMILES string of the molecule is CS(=O)(=O)c1ccc(-c2noc(C(F)(F)F)c2-c2ccccc2)cc1F. The molecular formula is C17H11F4NO3S. The van der Waals surface area contributed by atoms with Crippen LogP contribution < -0.4 is 0 Å². The van der Waals surface area contributed by atoms with E-state index in [-0.39, 0.29) is 22.4 Å². The minimum absolute atomic E-state index is 0.0343. The summed E-state index contributed by atoms with van der Waals surface area (Å²) in [6.45, 7) is 0. The molecule has 0 N–H and O–H groups in total. The van der Waals surface area contributed by atoms with Crippen molar-refractivity contribution in [2.24, 2.45) is 0 Å². The van der Waals surface area contributed by atoms with Crippen molar-refractivity contribution in [3.8, 4) is 22.4 Å². The normalized spacial score (nSPS) is 12.3. The lowest BCUT2D eigenvalue weighted by molar-refractivity contribution is -0.154. The average molecular weight is 385 g/mol. The van der Waals surface area contributed by atoms with Gasteiger partial charge in [0.2, 0.25) is 5.76 Å². The second-order valence-electron chi connectivity index (χ2n) is 5.52. The highest BCUT2D eigenvalue weighted by molar-refractivity contribution is 7.90. The molecule has 4 nitrogen and oxygen atoms in total. The number of benzene rings is 2. The molecule has 9 heteroatoms. The first-order chi connectivity index (χ1) is 12.1. The maximum atomic E-state index is 14.1. The van der Waals surface area contributed by atoms with E-state index in [1.165, 1.54) is 18.2 Å². The molecule has 0 radical (unpaired) electrons. The summed E-state index contributed by atoms with van der Waals surface area (Å²) in [6.07, 6.45) is -3.97. The highest BCUT2D eigenvalue weighted by Crippen LogP contribution is 2.42. The van der Waals surface area contributed by atoms with E-state index in [4.69, 9.17) is 0 Å². The number of nitrogens with zero attached hydrogens (tertiary/aromatic N) is 1. The van der Waals surface area contributed by atoms with E-state index in [2.05, 4.69) is 9.68 Å². The van der Waals surface area contributed by atoms with Crippen molar-refractivity contribution in [2.45, 2.75) is 11.1 Å². The van der Waals surface area contributed by atoms with Gasteiger partial charge < -0.3 is 4.52 Å². The standard InChI is InChI=1S/C17H11F4NO3S/c1-26(23,24)13-8-7-11(9-12(13)18)15-14(10-5-3-2-4-6-10)16(25-22-15)17(19,20)21/h2-9H,1H3. The number of aromatic nitrogens is 1. The lowest BCUT2D eigenvalue weighted by Gasteiger charge is -2.08. The Morgan fingerprint density at radius 3 is 2.19 bits per heavy atom. The lowest BCUT2D eigenvalue weighted by Crippen LogP contribution is -2.05. The van der Waals surface area contributed by atoms with E-state index in [1.807, 2.05) is 0 Å². The summed E-state index contributed by atoms with van der Waals surface area (Å²) >= 11 is 0. The lowest BCUT2D eigenvalue weighted by atomic mass is 9.99. The molecule has 0 amide bonds. The van der Waals surface area contributed by atoms with Crippen molar-refractivity contribution in [2.75, 3.05) is 6.26 Å². The van der Waals surface area contributed by atoms with Gasteiger partial charge in [0.25, 0.3) is 0 Å². The molecule has 0 aliphatic rings. The van der Waals surface area contributed by atoms with Crippen molar-refractivity contribution >= 4 is 9.84 Å². The summed E-state index contributed by atoms with van der Waals surface area (Å²) in [6, 6.07) is 10.6. The van der Waals surface area contributed by atoms with Crippen LogP contribution in [0.1, 0.15) is 5.76 Å². The Morgan fingerprint density at radius 2 is 1.65 bits per heavy atom. The number of rotatable bonds is 3. The smallest absolute Gasteiger partial charge is 0.350 e. The Morgan fingerprint density at radius 1 is 1.00 bits per heavy atom. The van der Waals surface area contributed by atoms with Gasteiger partial charge in [-0.2, -0.15) is 13.2 Å². The zero-order chi connectivity index (χ0) is 19.1. The quantitative estimate of drug-likeness (QED) is 0.620. The van der Waals surface area contributed by atoms with E-state index in [0.717, 1.165) is 18.4 Å². The Kier molecular flexibility index (Phi) is 4.35. The molecule has 1 aromatic heterocycles. The maximum absolute atomic E-state index is 14.1. The monoisotopic (exact) mass is 385 g/mol. The minimum atomic E-state index is -4.80. The van der Waals surface area contributed by atoms with Crippen molar-refractivity contribution in [1.82, 2.24) is 5.16 Å². The predicted octanol–water partition coefficient (Wildman–Crippen LogP) is 4.57. The molecule has 1 heterocycles. The second kappa shape index (κ2) is 6.24. The van der Waals surface area contributed by atoms with E-state index >= 15 is 0 Å². The van der Waals surface area contributed by atoms with Crippen LogP contribution in [0.15, 0.2) is 57.9 Å². The van der Waals surface area contributed by atoms with E-state index in [9.17, 15) is 26.0 Å². The fourth-order valence-corrected chi connectivity index (χ4v) is 3.23. The molecule has 0 aliphatic carbocycles. The molecule has 0 saturated carbocycles. The minimum Gasteiger partial charge on any atom is -0.350 e.